The summed E-state index contributed by atoms with van der Waals surface area (Å²) in [4.78, 5) is 13.0. The van der Waals surface area contributed by atoms with Crippen LogP contribution in [0.1, 0.15) is 44.2 Å². The molecule has 0 saturated carbocycles. The number of ether oxygens (including phenoxy) is 1. The first-order valence-corrected chi connectivity index (χ1v) is 11.5. The Balaban J connectivity index is 0.000000240. The zero-order chi connectivity index (χ0) is 25.5. The van der Waals surface area contributed by atoms with Gasteiger partial charge in [-0.05, 0) is 73.6 Å². The number of phenols is 1. The number of methoxy groups -OCH3 is 1. The van der Waals surface area contributed by atoms with Crippen LogP contribution in [0.5, 0.6) is 11.5 Å². The van der Waals surface area contributed by atoms with E-state index in [1.807, 2.05) is 70.4 Å². The minimum absolute atomic E-state index is 0.101. The van der Waals surface area contributed by atoms with Gasteiger partial charge in [0.1, 0.15) is 11.5 Å². The zero-order valence-electron chi connectivity index (χ0n) is 20.9. The van der Waals surface area contributed by atoms with Gasteiger partial charge in [0, 0.05) is 12.5 Å². The van der Waals surface area contributed by atoms with Crippen molar-refractivity contribution in [3.63, 3.8) is 0 Å². The minimum Gasteiger partial charge on any atom is -0.508 e. The topological polar surface area (TPSA) is 90.2 Å². The molecule has 0 aromatic heterocycles. The van der Waals surface area contributed by atoms with Crippen molar-refractivity contribution in [2.75, 3.05) is 27.7 Å². The number of aromatic hydroxyl groups is 1. The summed E-state index contributed by atoms with van der Waals surface area (Å²) >= 11 is 0. The number of hydrogen-bond donors (Lipinski definition) is 3. The van der Waals surface area contributed by atoms with Gasteiger partial charge in [-0.15, -0.1) is 0 Å². The summed E-state index contributed by atoms with van der Waals surface area (Å²) < 4.78 is 5.14. The first-order chi connectivity index (χ1) is 16.0. The average Bonchev–Trinajstić information content (AvgIpc) is 2.82. The van der Waals surface area contributed by atoms with Crippen molar-refractivity contribution in [2.24, 2.45) is 5.92 Å². The molecule has 3 aromatic carbocycles. The third kappa shape index (κ3) is 6.72. The van der Waals surface area contributed by atoms with Crippen molar-refractivity contribution < 1.29 is 24.9 Å². The molecule has 0 amide bonds. The van der Waals surface area contributed by atoms with E-state index in [1.54, 1.807) is 32.2 Å². The highest BCUT2D eigenvalue weighted by molar-refractivity contribution is 5.86. The first-order valence-electron chi connectivity index (χ1n) is 11.5. The fraction of sp³-hybridized carbons (Fsp3) is 0.393. The molecular weight excluding hydrogens is 430 g/mol. The lowest BCUT2D eigenvalue weighted by Gasteiger charge is -2.35. The van der Waals surface area contributed by atoms with Crippen molar-refractivity contribution in [3.8, 4) is 11.5 Å². The lowest BCUT2D eigenvalue weighted by atomic mass is 9.80. The van der Waals surface area contributed by atoms with Crippen LogP contribution in [0.4, 0.5) is 0 Å². The summed E-state index contributed by atoms with van der Waals surface area (Å²) in [5, 5.41) is 31.4. The van der Waals surface area contributed by atoms with Gasteiger partial charge >= 0.3 is 5.97 Å². The molecule has 0 unspecified atom stereocenters. The highest BCUT2D eigenvalue weighted by Crippen LogP contribution is 2.34. The maximum atomic E-state index is 10.9. The summed E-state index contributed by atoms with van der Waals surface area (Å²) in [6.45, 7) is 6.50. The molecular formula is C28H37NO5. The van der Waals surface area contributed by atoms with Crippen molar-refractivity contribution >= 4 is 16.7 Å². The van der Waals surface area contributed by atoms with E-state index < -0.39 is 17.5 Å². The van der Waals surface area contributed by atoms with Crippen LogP contribution in [-0.2, 0) is 10.4 Å². The summed E-state index contributed by atoms with van der Waals surface area (Å²) in [6, 6.07) is 18.3. The Morgan fingerprint density at radius 3 is 2.24 bits per heavy atom. The Bertz CT molecular complexity index is 1100. The summed E-state index contributed by atoms with van der Waals surface area (Å²) in [5.41, 5.74) is 0.716. The van der Waals surface area contributed by atoms with E-state index in [2.05, 4.69) is 4.90 Å². The van der Waals surface area contributed by atoms with Crippen LogP contribution in [0.3, 0.4) is 0 Å². The number of benzene rings is 3. The highest BCUT2D eigenvalue weighted by Gasteiger charge is 2.34. The monoisotopic (exact) mass is 467 g/mol. The highest BCUT2D eigenvalue weighted by atomic mass is 16.5. The lowest BCUT2D eigenvalue weighted by molar-refractivity contribution is -0.138. The summed E-state index contributed by atoms with van der Waals surface area (Å²) in [5.74, 6) is -0.188. The molecule has 6 heteroatoms. The normalized spacial score (nSPS) is 14.6. The summed E-state index contributed by atoms with van der Waals surface area (Å²) in [6.07, 6.45) is 0.630. The lowest BCUT2D eigenvalue weighted by Crippen LogP contribution is -2.38. The van der Waals surface area contributed by atoms with Gasteiger partial charge in [-0.1, -0.05) is 50.2 Å². The molecule has 0 bridgehead atoms. The second kappa shape index (κ2) is 11.9. The fourth-order valence-corrected chi connectivity index (χ4v) is 4.09. The number of aliphatic carboxylic acids is 1. The van der Waals surface area contributed by atoms with Crippen molar-refractivity contribution in [2.45, 2.75) is 38.7 Å². The number of carbonyl (C=O) groups is 1. The predicted molar refractivity (Wildman–Crippen MR) is 137 cm³/mol. The van der Waals surface area contributed by atoms with Gasteiger partial charge in [-0.3, -0.25) is 4.79 Å². The molecule has 3 N–H and O–H groups in total. The number of phenolic OH excluding ortho intramolecular Hbond substituents is 1. The minimum atomic E-state index is -0.886. The Kier molecular flexibility index (Phi) is 9.47. The standard InChI is InChI=1S/C14H23NO2.C14H14O3/c1-5-14(17,11(2)10-15(3)4)12-7-6-8-13(16)9-12;1-9(14(15)16)10-3-4-12-8-13(17-2)6-5-11(12)7-10/h6-9,11,16-17H,5,10H2,1-4H3;3-9H,1-2H3,(H,15,16)/t11-,14-;9-/m10/s1. The number of rotatable bonds is 8. The van der Waals surface area contributed by atoms with Gasteiger partial charge in [0.25, 0.3) is 0 Å². The first kappa shape index (κ1) is 27.2. The van der Waals surface area contributed by atoms with Crippen LogP contribution in [0, 0.1) is 5.92 Å². The molecule has 34 heavy (non-hydrogen) atoms. The Morgan fingerprint density at radius 1 is 1.03 bits per heavy atom. The molecule has 3 rings (SSSR count). The van der Waals surface area contributed by atoms with Crippen LogP contribution >= 0.6 is 0 Å². The number of hydrogen-bond acceptors (Lipinski definition) is 5. The SMILES string of the molecule is CC[C@](O)(c1cccc(O)c1)[C@H](C)CN(C)C.COc1ccc2cc([C@H](C)C(=O)O)ccc2c1. The molecule has 3 atom stereocenters. The molecule has 3 aromatic rings. The second-order valence-corrected chi connectivity index (χ2v) is 9.02. The third-order valence-corrected chi connectivity index (χ3v) is 6.28. The van der Waals surface area contributed by atoms with Crippen molar-refractivity contribution in [1.82, 2.24) is 4.90 Å². The molecule has 0 aliphatic heterocycles. The second-order valence-electron chi connectivity index (χ2n) is 9.02. The molecule has 6 nitrogen and oxygen atoms in total. The van der Waals surface area contributed by atoms with Gasteiger partial charge in [0.15, 0.2) is 0 Å². The predicted octanol–water partition coefficient (Wildman–Crippen LogP) is 5.22. The van der Waals surface area contributed by atoms with Crippen LogP contribution in [-0.4, -0.2) is 53.9 Å². The molecule has 0 fully saturated rings. The van der Waals surface area contributed by atoms with Gasteiger partial charge < -0.3 is 25.0 Å². The molecule has 0 aliphatic carbocycles. The van der Waals surface area contributed by atoms with Crippen LogP contribution in [0.25, 0.3) is 10.8 Å². The van der Waals surface area contributed by atoms with Gasteiger partial charge in [-0.25, -0.2) is 0 Å². The maximum absolute atomic E-state index is 10.9. The van der Waals surface area contributed by atoms with E-state index in [1.165, 1.54) is 0 Å². The van der Waals surface area contributed by atoms with E-state index in [9.17, 15) is 15.0 Å². The van der Waals surface area contributed by atoms with Crippen molar-refractivity contribution in [1.29, 1.82) is 0 Å². The van der Waals surface area contributed by atoms with Crippen LogP contribution in [0.15, 0.2) is 60.7 Å². The number of nitrogens with zero attached hydrogens (tertiary/aromatic N) is 1. The Labute approximate surface area is 202 Å². The van der Waals surface area contributed by atoms with Crippen LogP contribution < -0.4 is 4.74 Å². The number of carboxylic acid groups (broad SMARTS) is 1. The van der Waals surface area contributed by atoms with E-state index >= 15 is 0 Å². The number of carboxylic acids is 1. The quantitative estimate of drug-likeness (QED) is 0.421. The molecule has 0 saturated heterocycles. The van der Waals surface area contributed by atoms with Gasteiger partial charge in [-0.2, -0.15) is 0 Å². The smallest absolute Gasteiger partial charge is 0.310 e. The van der Waals surface area contributed by atoms with Crippen molar-refractivity contribution in [3.05, 3.63) is 71.8 Å². The third-order valence-electron chi connectivity index (χ3n) is 6.28. The molecule has 0 radical (unpaired) electrons. The summed E-state index contributed by atoms with van der Waals surface area (Å²) in [7, 11) is 5.62. The van der Waals surface area contributed by atoms with E-state index in [4.69, 9.17) is 9.84 Å². The van der Waals surface area contributed by atoms with E-state index in [0.29, 0.717) is 6.42 Å². The number of aliphatic hydroxyl groups is 1. The van der Waals surface area contributed by atoms with Gasteiger partial charge in [0.2, 0.25) is 0 Å². The van der Waals surface area contributed by atoms with Gasteiger partial charge in [0.05, 0.1) is 18.6 Å². The maximum Gasteiger partial charge on any atom is 0.310 e. The zero-order valence-corrected chi connectivity index (χ0v) is 20.9. The Morgan fingerprint density at radius 2 is 1.68 bits per heavy atom. The van der Waals surface area contributed by atoms with E-state index in [-0.39, 0.29) is 11.7 Å². The van der Waals surface area contributed by atoms with E-state index in [0.717, 1.165) is 34.2 Å². The average molecular weight is 468 g/mol. The molecule has 0 spiro atoms. The van der Waals surface area contributed by atoms with Crippen LogP contribution in [0.2, 0.25) is 0 Å². The largest absolute Gasteiger partial charge is 0.508 e. The molecule has 184 valence electrons. The molecule has 0 aliphatic rings. The number of fused-ring (bicyclic) bond motifs is 1. The molecule has 0 heterocycles. The fourth-order valence-electron chi connectivity index (χ4n) is 4.09. The Hall–Kier alpha value is -3.09.